The summed E-state index contributed by atoms with van der Waals surface area (Å²) in [5.74, 6) is -1.47. The van der Waals surface area contributed by atoms with E-state index in [-0.39, 0.29) is 18.8 Å². The Kier molecular flexibility index (Phi) is 4.98. The maximum Gasteiger partial charge on any atom is 0.278 e. The van der Waals surface area contributed by atoms with Crippen molar-refractivity contribution in [3.63, 3.8) is 0 Å². The Hall–Kier alpha value is -3.66. The molecule has 0 saturated carbocycles. The summed E-state index contributed by atoms with van der Waals surface area (Å²) in [6.45, 7) is 0.820. The minimum atomic E-state index is -0.643. The number of benzene rings is 2. The number of carbonyl (C=O) groups excluding carboxylic acids is 1. The first kappa shape index (κ1) is 22.5. The van der Waals surface area contributed by atoms with Crippen molar-refractivity contribution in [3.05, 3.63) is 98.0 Å². The van der Waals surface area contributed by atoms with Crippen molar-refractivity contribution in [2.45, 2.75) is 12.2 Å². The first-order chi connectivity index (χ1) is 17.9. The number of morpholine rings is 1. The van der Waals surface area contributed by atoms with Gasteiger partial charge >= 0.3 is 0 Å². The number of hydrogen-bond donors (Lipinski definition) is 1. The molecule has 4 heterocycles. The minimum absolute atomic E-state index is 0.122. The van der Waals surface area contributed by atoms with Crippen LogP contribution in [0.25, 0.3) is 21.6 Å². The lowest BCUT2D eigenvalue weighted by molar-refractivity contribution is -0.0196. The van der Waals surface area contributed by atoms with Gasteiger partial charge in [0.2, 0.25) is 5.43 Å². The topological polar surface area (TPSA) is 75.0 Å². The van der Waals surface area contributed by atoms with E-state index in [0.29, 0.717) is 16.5 Å². The largest absolute Gasteiger partial charge is 0.502 e. The highest BCUT2D eigenvalue weighted by Crippen LogP contribution is 2.51. The molecule has 1 fully saturated rings. The van der Waals surface area contributed by atoms with E-state index >= 15 is 0 Å². The Balaban J connectivity index is 1.58. The summed E-state index contributed by atoms with van der Waals surface area (Å²) >= 11 is 7.92. The summed E-state index contributed by atoms with van der Waals surface area (Å²) in [6.07, 6.45) is 0.921. The molecule has 3 aliphatic rings. The van der Waals surface area contributed by atoms with Gasteiger partial charge in [0.1, 0.15) is 12.0 Å². The fraction of sp³-hybridized carbons (Fsp3) is 0.185. The van der Waals surface area contributed by atoms with E-state index in [9.17, 15) is 19.1 Å². The molecule has 4 aromatic rings. The third-order valence-corrected chi connectivity index (χ3v) is 8.54. The van der Waals surface area contributed by atoms with Gasteiger partial charge in [-0.25, -0.2) is 4.39 Å². The van der Waals surface area contributed by atoms with Crippen molar-refractivity contribution in [1.29, 1.82) is 0 Å². The zero-order chi connectivity index (χ0) is 25.4. The normalized spacial score (nSPS) is 19.9. The number of thiophene rings is 1. The van der Waals surface area contributed by atoms with Gasteiger partial charge in [-0.15, -0.1) is 11.3 Å². The standard InChI is InChI=1S/C27H19ClFN3O4S/c28-21-12-19-15-6-5-14(29)11-18(15)23(16-3-1-2-4-17(16)26(19)37-21)32-22-13-36-10-9-30(22)27(35)24-25(34)20(33)7-8-31(24)32/h1-8,11-12,22-23,34H,9-10,13H2/t22?,23-/m1/s1. The van der Waals surface area contributed by atoms with Crippen LogP contribution in [0.4, 0.5) is 4.39 Å². The number of amides is 1. The molecule has 0 spiro atoms. The molecule has 2 aromatic carbocycles. The molecular weight excluding hydrogens is 517 g/mol. The van der Waals surface area contributed by atoms with Crippen LogP contribution in [0.3, 0.4) is 0 Å². The minimum Gasteiger partial charge on any atom is -0.502 e. The van der Waals surface area contributed by atoms with Crippen molar-refractivity contribution < 1.29 is 19.0 Å². The fourth-order valence-corrected chi connectivity index (χ4v) is 6.98. The van der Waals surface area contributed by atoms with E-state index < -0.39 is 35.1 Å². The molecule has 37 heavy (non-hydrogen) atoms. The number of carbonyl (C=O) groups is 1. The quantitative estimate of drug-likeness (QED) is 0.386. The molecule has 186 valence electrons. The molecule has 1 unspecified atom stereocenters. The zero-order valence-electron chi connectivity index (χ0n) is 19.2. The van der Waals surface area contributed by atoms with E-state index in [1.807, 2.05) is 35.3 Å². The second kappa shape index (κ2) is 8.17. The predicted octanol–water partition coefficient (Wildman–Crippen LogP) is 4.60. The van der Waals surface area contributed by atoms with Crippen molar-refractivity contribution in [1.82, 2.24) is 9.58 Å². The van der Waals surface area contributed by atoms with Gasteiger partial charge in [-0.05, 0) is 40.5 Å². The highest BCUT2D eigenvalue weighted by atomic mass is 35.5. The Morgan fingerprint density at radius 1 is 1.03 bits per heavy atom. The van der Waals surface area contributed by atoms with Crippen molar-refractivity contribution >= 4 is 28.8 Å². The molecule has 2 aromatic heterocycles. The van der Waals surface area contributed by atoms with E-state index in [1.54, 1.807) is 11.0 Å². The molecule has 2 aliphatic heterocycles. The summed E-state index contributed by atoms with van der Waals surface area (Å²) in [5.41, 5.74) is 3.42. The monoisotopic (exact) mass is 535 g/mol. The molecule has 7 nitrogen and oxygen atoms in total. The summed E-state index contributed by atoms with van der Waals surface area (Å²) in [7, 11) is 0. The van der Waals surface area contributed by atoms with Gasteiger partial charge in [0.15, 0.2) is 11.4 Å². The zero-order valence-corrected chi connectivity index (χ0v) is 20.8. The molecule has 10 heteroatoms. The van der Waals surface area contributed by atoms with Crippen LogP contribution in [0, 0.1) is 5.82 Å². The molecule has 0 radical (unpaired) electrons. The van der Waals surface area contributed by atoms with Crippen molar-refractivity contribution in [2.75, 3.05) is 24.8 Å². The SMILES string of the molecule is O=C1c2c(O)c(=O)ccn2N([C@H]2c3cc(F)ccc3-c3cc(Cl)sc3-c3ccccc32)C2COCCN12. The van der Waals surface area contributed by atoms with Crippen molar-refractivity contribution in [3.8, 4) is 27.3 Å². The van der Waals surface area contributed by atoms with Gasteiger partial charge in [0, 0.05) is 29.2 Å². The van der Waals surface area contributed by atoms with Crippen LogP contribution < -0.4 is 10.4 Å². The summed E-state index contributed by atoms with van der Waals surface area (Å²) in [5, 5.41) is 12.6. The predicted molar refractivity (Wildman–Crippen MR) is 138 cm³/mol. The third kappa shape index (κ3) is 3.21. The van der Waals surface area contributed by atoms with Gasteiger partial charge in [0.25, 0.3) is 5.91 Å². The van der Waals surface area contributed by atoms with Crippen LogP contribution in [0.1, 0.15) is 27.7 Å². The van der Waals surface area contributed by atoms with Gasteiger partial charge in [-0.2, -0.15) is 0 Å². The van der Waals surface area contributed by atoms with Gasteiger partial charge < -0.3 is 14.7 Å². The molecule has 0 bridgehead atoms. The van der Waals surface area contributed by atoms with E-state index in [1.165, 1.54) is 40.4 Å². The van der Waals surface area contributed by atoms with E-state index in [2.05, 4.69) is 0 Å². The summed E-state index contributed by atoms with van der Waals surface area (Å²) in [4.78, 5) is 28.4. The maximum absolute atomic E-state index is 14.9. The first-order valence-electron chi connectivity index (χ1n) is 11.7. The van der Waals surface area contributed by atoms with Crippen LogP contribution >= 0.6 is 22.9 Å². The fourth-order valence-electron chi connectivity index (χ4n) is 5.69. The van der Waals surface area contributed by atoms with Crippen LogP contribution in [0.15, 0.2) is 65.6 Å². The Morgan fingerprint density at radius 3 is 2.73 bits per heavy atom. The Bertz CT molecular complexity index is 1670. The van der Waals surface area contributed by atoms with Gasteiger partial charge in [-0.3, -0.25) is 19.3 Å². The van der Waals surface area contributed by atoms with Crippen LogP contribution in [0.5, 0.6) is 5.75 Å². The van der Waals surface area contributed by atoms with Gasteiger partial charge in [-0.1, -0.05) is 41.9 Å². The molecule has 1 amide bonds. The number of halogens is 2. The number of aromatic hydroxyl groups is 1. The van der Waals surface area contributed by atoms with E-state index in [4.69, 9.17) is 16.3 Å². The number of aromatic nitrogens is 1. The lowest BCUT2D eigenvalue weighted by Gasteiger charge is -2.51. The number of fused-ring (bicyclic) bond motifs is 7. The Labute approximate surface area is 219 Å². The number of pyridine rings is 1. The lowest BCUT2D eigenvalue weighted by atomic mass is 9.92. The Morgan fingerprint density at radius 2 is 1.86 bits per heavy atom. The van der Waals surface area contributed by atoms with Crippen LogP contribution in [-0.2, 0) is 4.74 Å². The number of hydrogen-bond acceptors (Lipinski definition) is 6. The average molecular weight is 536 g/mol. The maximum atomic E-state index is 14.9. The number of rotatable bonds is 1. The van der Waals surface area contributed by atoms with Crippen LogP contribution in [-0.4, -0.2) is 46.5 Å². The smallest absolute Gasteiger partial charge is 0.278 e. The highest BCUT2D eigenvalue weighted by molar-refractivity contribution is 7.20. The molecule has 1 aliphatic carbocycles. The average Bonchev–Trinajstić information content (AvgIpc) is 3.25. The summed E-state index contributed by atoms with van der Waals surface area (Å²) < 4.78 is 22.9. The number of ether oxygens (including phenoxy) is 1. The second-order valence-corrected chi connectivity index (χ2v) is 10.9. The molecule has 2 atom stereocenters. The van der Waals surface area contributed by atoms with Crippen molar-refractivity contribution in [2.24, 2.45) is 0 Å². The molecular formula is C27H19ClFN3O4S. The molecule has 1 N–H and O–H groups in total. The highest BCUT2D eigenvalue weighted by Gasteiger charge is 2.46. The first-order valence-corrected chi connectivity index (χ1v) is 12.9. The second-order valence-electron chi connectivity index (χ2n) is 9.17. The summed E-state index contributed by atoms with van der Waals surface area (Å²) in [6, 6.07) is 15.0. The van der Waals surface area contributed by atoms with E-state index in [0.717, 1.165) is 27.1 Å². The lowest BCUT2D eigenvalue weighted by Crippen LogP contribution is -2.66. The van der Waals surface area contributed by atoms with Crippen LogP contribution in [0.2, 0.25) is 4.34 Å². The molecule has 1 saturated heterocycles. The molecule has 7 rings (SSSR count). The van der Waals surface area contributed by atoms with Gasteiger partial charge in [0.05, 0.1) is 23.6 Å². The third-order valence-electron chi connectivity index (χ3n) is 7.24. The number of nitrogens with zero attached hydrogens (tertiary/aromatic N) is 3.